The maximum Gasteiger partial charge on any atom is 0.411 e. The third-order valence-corrected chi connectivity index (χ3v) is 3.08. The van der Waals surface area contributed by atoms with E-state index in [4.69, 9.17) is 4.74 Å². The second-order valence-corrected chi connectivity index (χ2v) is 4.74. The number of alkyl halides is 3. The molecule has 0 saturated carbocycles. The lowest BCUT2D eigenvalue weighted by Crippen LogP contribution is -2.36. The predicted molar refractivity (Wildman–Crippen MR) is 74.8 cm³/mol. The fraction of sp³-hybridized carbons (Fsp3) is 0.571. The number of hydrogen-bond donors (Lipinski definition) is 1. The maximum atomic E-state index is 11.9. The van der Waals surface area contributed by atoms with E-state index in [2.05, 4.69) is 15.0 Å². The smallest absolute Gasteiger partial charge is 0.383 e. The Hall–Kier alpha value is -1.47. The molecule has 21 heavy (non-hydrogen) atoms. The standard InChI is InChI=1S/C14H19F3N2O2/c15-14(16,17)11-21-8-5-18-12-1-3-13(4-2-12)19-6-9-20-10-7-19/h1-4,18H,5-11H2. The molecular weight excluding hydrogens is 285 g/mol. The van der Waals surface area contributed by atoms with Crippen LogP contribution in [0.1, 0.15) is 0 Å². The van der Waals surface area contributed by atoms with Crippen molar-refractivity contribution in [1.82, 2.24) is 0 Å². The van der Waals surface area contributed by atoms with Crippen LogP contribution in [0, 0.1) is 0 Å². The number of ether oxygens (including phenoxy) is 2. The van der Waals surface area contributed by atoms with Crippen LogP contribution >= 0.6 is 0 Å². The molecule has 1 aliphatic heterocycles. The number of hydrogen-bond acceptors (Lipinski definition) is 4. The summed E-state index contributed by atoms with van der Waals surface area (Å²) in [6, 6.07) is 7.80. The van der Waals surface area contributed by atoms with Gasteiger partial charge in [-0.05, 0) is 24.3 Å². The summed E-state index contributed by atoms with van der Waals surface area (Å²) in [7, 11) is 0. The molecule has 2 rings (SSSR count). The Morgan fingerprint density at radius 3 is 2.43 bits per heavy atom. The van der Waals surface area contributed by atoms with Crippen LogP contribution in [0.4, 0.5) is 24.5 Å². The normalized spacial score (nSPS) is 16.0. The van der Waals surface area contributed by atoms with Gasteiger partial charge in [-0.3, -0.25) is 0 Å². The zero-order chi connectivity index (χ0) is 15.1. The van der Waals surface area contributed by atoms with E-state index in [0.29, 0.717) is 6.54 Å². The molecule has 1 aliphatic rings. The Morgan fingerprint density at radius 2 is 1.81 bits per heavy atom. The van der Waals surface area contributed by atoms with Gasteiger partial charge in [0, 0.05) is 31.0 Å². The molecule has 0 unspecified atom stereocenters. The lowest BCUT2D eigenvalue weighted by Gasteiger charge is -2.28. The zero-order valence-electron chi connectivity index (χ0n) is 11.7. The zero-order valence-corrected chi connectivity index (χ0v) is 11.7. The van der Waals surface area contributed by atoms with E-state index >= 15 is 0 Å². The molecule has 0 spiro atoms. The third kappa shape index (κ3) is 5.81. The summed E-state index contributed by atoms with van der Waals surface area (Å²) in [6.07, 6.45) is -4.26. The van der Waals surface area contributed by atoms with Crippen LogP contribution in [-0.2, 0) is 9.47 Å². The van der Waals surface area contributed by atoms with Gasteiger partial charge in [0.2, 0.25) is 0 Å². The van der Waals surface area contributed by atoms with E-state index in [1.54, 1.807) is 0 Å². The molecule has 0 atom stereocenters. The molecule has 0 aliphatic carbocycles. The summed E-state index contributed by atoms with van der Waals surface area (Å²) in [6.45, 7) is 2.37. The van der Waals surface area contributed by atoms with Crippen LogP contribution in [0.3, 0.4) is 0 Å². The molecule has 118 valence electrons. The minimum absolute atomic E-state index is 0.0186. The molecule has 1 fully saturated rings. The molecule has 7 heteroatoms. The van der Waals surface area contributed by atoms with Crippen molar-refractivity contribution in [3.05, 3.63) is 24.3 Å². The molecule has 1 N–H and O–H groups in total. The molecule has 1 aromatic carbocycles. The van der Waals surface area contributed by atoms with Crippen molar-refractivity contribution < 1.29 is 22.6 Å². The van der Waals surface area contributed by atoms with Gasteiger partial charge in [0.25, 0.3) is 0 Å². The van der Waals surface area contributed by atoms with Gasteiger partial charge in [0.05, 0.1) is 19.8 Å². The average molecular weight is 304 g/mol. The molecule has 0 radical (unpaired) electrons. The van der Waals surface area contributed by atoms with E-state index in [-0.39, 0.29) is 6.61 Å². The fourth-order valence-electron chi connectivity index (χ4n) is 2.07. The van der Waals surface area contributed by atoms with E-state index in [1.165, 1.54) is 0 Å². The highest BCUT2D eigenvalue weighted by molar-refractivity contribution is 5.55. The highest BCUT2D eigenvalue weighted by Gasteiger charge is 2.27. The number of nitrogens with zero attached hydrogens (tertiary/aromatic N) is 1. The number of benzene rings is 1. The molecule has 1 heterocycles. The van der Waals surface area contributed by atoms with Crippen LogP contribution in [0.5, 0.6) is 0 Å². The number of nitrogens with one attached hydrogen (secondary N) is 1. The Labute approximate surface area is 121 Å². The van der Waals surface area contributed by atoms with Crippen molar-refractivity contribution in [2.45, 2.75) is 6.18 Å². The van der Waals surface area contributed by atoms with Crippen LogP contribution in [0.25, 0.3) is 0 Å². The lowest BCUT2D eigenvalue weighted by molar-refractivity contribution is -0.172. The highest BCUT2D eigenvalue weighted by Crippen LogP contribution is 2.19. The summed E-state index contributed by atoms with van der Waals surface area (Å²) in [4.78, 5) is 2.24. The van der Waals surface area contributed by atoms with Crippen molar-refractivity contribution in [2.24, 2.45) is 0 Å². The van der Waals surface area contributed by atoms with Gasteiger partial charge in [0.15, 0.2) is 0 Å². The topological polar surface area (TPSA) is 33.7 Å². The molecule has 0 amide bonds. The van der Waals surface area contributed by atoms with Crippen molar-refractivity contribution in [3.8, 4) is 0 Å². The minimum atomic E-state index is -4.26. The summed E-state index contributed by atoms with van der Waals surface area (Å²) in [5.41, 5.74) is 1.99. The van der Waals surface area contributed by atoms with Gasteiger partial charge in [0.1, 0.15) is 6.61 Å². The summed E-state index contributed by atoms with van der Waals surface area (Å²) >= 11 is 0. The molecule has 0 bridgehead atoms. The van der Waals surface area contributed by atoms with E-state index < -0.39 is 12.8 Å². The first kappa shape index (κ1) is 15.9. The number of halogens is 3. The van der Waals surface area contributed by atoms with Crippen LogP contribution in [-0.4, -0.2) is 52.2 Å². The van der Waals surface area contributed by atoms with Crippen molar-refractivity contribution in [2.75, 3.05) is 56.3 Å². The lowest BCUT2D eigenvalue weighted by atomic mass is 10.2. The number of anilines is 2. The van der Waals surface area contributed by atoms with E-state index in [0.717, 1.165) is 37.7 Å². The largest absolute Gasteiger partial charge is 0.411 e. The van der Waals surface area contributed by atoms with Crippen LogP contribution < -0.4 is 10.2 Å². The Bertz CT molecular complexity index is 417. The summed E-state index contributed by atoms with van der Waals surface area (Å²) in [5, 5.41) is 3.03. The van der Waals surface area contributed by atoms with Crippen molar-refractivity contribution in [1.29, 1.82) is 0 Å². The molecular formula is C14H19F3N2O2. The van der Waals surface area contributed by atoms with Crippen LogP contribution in [0.15, 0.2) is 24.3 Å². The predicted octanol–water partition coefficient (Wildman–Crippen LogP) is 2.51. The highest BCUT2D eigenvalue weighted by atomic mass is 19.4. The van der Waals surface area contributed by atoms with Gasteiger partial charge >= 0.3 is 6.18 Å². The Kier molecular flexibility index (Phi) is 5.69. The minimum Gasteiger partial charge on any atom is -0.383 e. The van der Waals surface area contributed by atoms with Gasteiger partial charge in [-0.2, -0.15) is 13.2 Å². The van der Waals surface area contributed by atoms with Crippen molar-refractivity contribution >= 4 is 11.4 Å². The van der Waals surface area contributed by atoms with Crippen molar-refractivity contribution in [3.63, 3.8) is 0 Å². The fourth-order valence-corrected chi connectivity index (χ4v) is 2.07. The van der Waals surface area contributed by atoms with Gasteiger partial charge in [-0.15, -0.1) is 0 Å². The molecule has 1 saturated heterocycles. The third-order valence-electron chi connectivity index (χ3n) is 3.08. The average Bonchev–Trinajstić information content (AvgIpc) is 2.47. The summed E-state index contributed by atoms with van der Waals surface area (Å²) < 4.78 is 45.4. The van der Waals surface area contributed by atoms with E-state index in [9.17, 15) is 13.2 Å². The molecule has 4 nitrogen and oxygen atoms in total. The van der Waals surface area contributed by atoms with Gasteiger partial charge < -0.3 is 19.7 Å². The molecule has 1 aromatic rings. The maximum absolute atomic E-state index is 11.9. The Balaban J connectivity index is 1.70. The second kappa shape index (κ2) is 7.51. The first-order valence-electron chi connectivity index (χ1n) is 6.86. The van der Waals surface area contributed by atoms with Gasteiger partial charge in [-0.1, -0.05) is 0 Å². The second-order valence-electron chi connectivity index (χ2n) is 4.74. The van der Waals surface area contributed by atoms with Crippen LogP contribution in [0.2, 0.25) is 0 Å². The summed E-state index contributed by atoms with van der Waals surface area (Å²) in [5.74, 6) is 0. The first-order chi connectivity index (χ1) is 10.0. The SMILES string of the molecule is FC(F)(F)COCCNc1ccc(N2CCOCC2)cc1. The monoisotopic (exact) mass is 304 g/mol. The van der Waals surface area contributed by atoms with Gasteiger partial charge in [-0.25, -0.2) is 0 Å². The quantitative estimate of drug-likeness (QED) is 0.819. The molecule has 0 aromatic heterocycles. The Morgan fingerprint density at radius 1 is 1.14 bits per heavy atom. The number of morpholine rings is 1. The van der Waals surface area contributed by atoms with E-state index in [1.807, 2.05) is 24.3 Å². The number of rotatable bonds is 6. The first-order valence-corrected chi connectivity index (χ1v) is 6.86.